The van der Waals surface area contributed by atoms with E-state index < -0.39 is 22.3 Å². The molecule has 1 aromatic carbocycles. The molecule has 0 radical (unpaired) electrons. The Hall–Kier alpha value is -2.22. The number of halogens is 1. The molecular formula is C13H19FN4O3. The first-order valence-corrected chi connectivity index (χ1v) is 6.62. The van der Waals surface area contributed by atoms with Crippen molar-refractivity contribution in [1.82, 2.24) is 4.90 Å². The summed E-state index contributed by atoms with van der Waals surface area (Å²) in [6.45, 7) is 5.93. The summed E-state index contributed by atoms with van der Waals surface area (Å²) in [4.78, 5) is 24.3. The van der Waals surface area contributed by atoms with Gasteiger partial charge in [-0.3, -0.25) is 20.8 Å². The number of hydrogen-bond donors (Lipinski definition) is 2. The monoisotopic (exact) mass is 298 g/mol. The Morgan fingerprint density at radius 1 is 1.52 bits per heavy atom. The number of anilines is 1. The lowest BCUT2D eigenvalue weighted by Crippen LogP contribution is -2.38. The number of amides is 1. The summed E-state index contributed by atoms with van der Waals surface area (Å²) in [6.07, 6.45) is 0.705. The number of rotatable bonds is 6. The van der Waals surface area contributed by atoms with Gasteiger partial charge in [-0.25, -0.2) is 4.39 Å². The van der Waals surface area contributed by atoms with Crippen molar-refractivity contribution in [2.24, 2.45) is 5.84 Å². The van der Waals surface area contributed by atoms with Gasteiger partial charge in [-0.2, -0.15) is 0 Å². The number of nitrogen functional groups attached to an aromatic ring is 1. The van der Waals surface area contributed by atoms with E-state index in [0.29, 0.717) is 19.0 Å². The highest BCUT2D eigenvalue weighted by Gasteiger charge is 2.28. The molecule has 1 aromatic rings. The average Bonchev–Trinajstić information content (AvgIpc) is 2.46. The minimum absolute atomic E-state index is 0.0820. The van der Waals surface area contributed by atoms with E-state index in [9.17, 15) is 19.3 Å². The van der Waals surface area contributed by atoms with Crippen LogP contribution in [0.2, 0.25) is 0 Å². The summed E-state index contributed by atoms with van der Waals surface area (Å²) in [7, 11) is 0. The van der Waals surface area contributed by atoms with E-state index in [0.717, 1.165) is 6.07 Å². The number of nitro groups is 1. The Balaban J connectivity index is 3.38. The Bertz CT molecular complexity index is 550. The number of hydrazine groups is 1. The second-order valence-electron chi connectivity index (χ2n) is 4.60. The molecule has 116 valence electrons. The first-order chi connectivity index (χ1) is 9.87. The topological polar surface area (TPSA) is 102 Å². The first kappa shape index (κ1) is 16.8. The van der Waals surface area contributed by atoms with Gasteiger partial charge in [0.15, 0.2) is 5.82 Å². The third kappa shape index (κ3) is 3.46. The van der Waals surface area contributed by atoms with Gasteiger partial charge in [0, 0.05) is 12.6 Å². The average molecular weight is 298 g/mol. The van der Waals surface area contributed by atoms with Crippen LogP contribution in [0.1, 0.15) is 37.6 Å². The molecule has 0 saturated heterocycles. The van der Waals surface area contributed by atoms with Crippen molar-refractivity contribution in [3.8, 4) is 0 Å². The fraction of sp³-hybridized carbons (Fsp3) is 0.462. The Morgan fingerprint density at radius 3 is 2.57 bits per heavy atom. The molecule has 1 amide bonds. The lowest BCUT2D eigenvalue weighted by atomic mass is 10.1. The lowest BCUT2D eigenvalue weighted by Gasteiger charge is -2.27. The standard InChI is InChI=1S/C13H19FN4O3/c1-4-8(3)17(5-2)13(19)9-6-11(16-15)10(14)7-12(9)18(20)21/h6-8,16H,4-5,15H2,1-3H3. The van der Waals surface area contributed by atoms with Crippen LogP contribution in [0.5, 0.6) is 0 Å². The van der Waals surface area contributed by atoms with Crippen molar-refractivity contribution in [3.63, 3.8) is 0 Å². The van der Waals surface area contributed by atoms with Crippen LogP contribution >= 0.6 is 0 Å². The molecule has 1 rings (SSSR count). The van der Waals surface area contributed by atoms with Crippen molar-refractivity contribution in [1.29, 1.82) is 0 Å². The summed E-state index contributed by atoms with van der Waals surface area (Å²) >= 11 is 0. The number of nitrogens with two attached hydrogens (primary N) is 1. The molecule has 1 unspecified atom stereocenters. The number of carbonyl (C=O) groups is 1. The zero-order chi connectivity index (χ0) is 16.2. The van der Waals surface area contributed by atoms with E-state index in [2.05, 4.69) is 5.43 Å². The second-order valence-corrected chi connectivity index (χ2v) is 4.60. The summed E-state index contributed by atoms with van der Waals surface area (Å²) in [5, 5.41) is 11.0. The minimum Gasteiger partial charge on any atom is -0.336 e. The Kier molecular flexibility index (Phi) is 5.60. The van der Waals surface area contributed by atoms with Crippen LogP contribution in [0, 0.1) is 15.9 Å². The number of nitro benzene ring substituents is 1. The van der Waals surface area contributed by atoms with Gasteiger partial charge in [0.05, 0.1) is 16.7 Å². The van der Waals surface area contributed by atoms with Crippen molar-refractivity contribution >= 4 is 17.3 Å². The lowest BCUT2D eigenvalue weighted by molar-refractivity contribution is -0.385. The Morgan fingerprint density at radius 2 is 2.14 bits per heavy atom. The van der Waals surface area contributed by atoms with Gasteiger partial charge in [0.2, 0.25) is 0 Å². The van der Waals surface area contributed by atoms with Crippen molar-refractivity contribution in [3.05, 3.63) is 33.6 Å². The molecule has 0 heterocycles. The van der Waals surface area contributed by atoms with Gasteiger partial charge < -0.3 is 10.3 Å². The molecule has 0 aliphatic rings. The summed E-state index contributed by atoms with van der Waals surface area (Å²) in [6, 6.07) is 1.69. The normalized spacial score (nSPS) is 11.9. The van der Waals surface area contributed by atoms with E-state index in [-0.39, 0.29) is 17.3 Å². The van der Waals surface area contributed by atoms with Crippen LogP contribution in [-0.2, 0) is 0 Å². The van der Waals surface area contributed by atoms with Gasteiger partial charge in [-0.05, 0) is 26.3 Å². The number of nitrogens with one attached hydrogen (secondary N) is 1. The molecule has 7 nitrogen and oxygen atoms in total. The highest BCUT2D eigenvalue weighted by Crippen LogP contribution is 2.27. The zero-order valence-corrected chi connectivity index (χ0v) is 12.2. The van der Waals surface area contributed by atoms with Crippen LogP contribution < -0.4 is 11.3 Å². The van der Waals surface area contributed by atoms with Crippen LogP contribution in [0.4, 0.5) is 15.8 Å². The fourth-order valence-corrected chi connectivity index (χ4v) is 2.03. The smallest absolute Gasteiger partial charge is 0.285 e. The van der Waals surface area contributed by atoms with Crippen molar-refractivity contribution in [2.45, 2.75) is 33.2 Å². The van der Waals surface area contributed by atoms with Crippen molar-refractivity contribution < 1.29 is 14.1 Å². The molecule has 0 fully saturated rings. The van der Waals surface area contributed by atoms with E-state index in [1.54, 1.807) is 6.92 Å². The quantitative estimate of drug-likeness (QED) is 0.476. The van der Waals surface area contributed by atoms with E-state index in [4.69, 9.17) is 5.84 Å². The molecule has 21 heavy (non-hydrogen) atoms. The summed E-state index contributed by atoms with van der Waals surface area (Å²) in [5.41, 5.74) is 1.17. The molecule has 0 bridgehead atoms. The zero-order valence-electron chi connectivity index (χ0n) is 12.2. The third-order valence-electron chi connectivity index (χ3n) is 3.39. The predicted octanol–water partition coefficient (Wildman–Crippen LogP) is 2.28. The number of nitrogens with zero attached hydrogens (tertiary/aromatic N) is 2. The number of benzene rings is 1. The molecular weight excluding hydrogens is 279 g/mol. The maximum Gasteiger partial charge on any atom is 0.285 e. The molecule has 0 aliphatic carbocycles. The first-order valence-electron chi connectivity index (χ1n) is 6.62. The van der Waals surface area contributed by atoms with Gasteiger partial charge in [0.25, 0.3) is 11.6 Å². The van der Waals surface area contributed by atoms with Gasteiger partial charge in [0.1, 0.15) is 5.56 Å². The maximum absolute atomic E-state index is 13.6. The molecule has 0 spiro atoms. The second kappa shape index (κ2) is 6.98. The highest BCUT2D eigenvalue weighted by molar-refractivity contribution is 5.99. The predicted molar refractivity (Wildman–Crippen MR) is 77.3 cm³/mol. The molecule has 8 heteroatoms. The molecule has 0 aliphatic heterocycles. The molecule has 3 N–H and O–H groups in total. The van der Waals surface area contributed by atoms with E-state index in [1.807, 2.05) is 13.8 Å². The Labute approximate surface area is 122 Å². The number of hydrogen-bond acceptors (Lipinski definition) is 5. The van der Waals surface area contributed by atoms with Crippen LogP contribution in [0.25, 0.3) is 0 Å². The van der Waals surface area contributed by atoms with E-state index >= 15 is 0 Å². The van der Waals surface area contributed by atoms with Crippen LogP contribution in [0.3, 0.4) is 0 Å². The molecule has 0 aromatic heterocycles. The minimum atomic E-state index is -0.882. The maximum atomic E-state index is 13.6. The number of carbonyl (C=O) groups excluding carboxylic acids is 1. The SMILES string of the molecule is CCC(C)N(CC)C(=O)c1cc(NN)c(F)cc1[N+](=O)[O-]. The van der Waals surface area contributed by atoms with Gasteiger partial charge in [-0.15, -0.1) is 0 Å². The van der Waals surface area contributed by atoms with Gasteiger partial charge in [-0.1, -0.05) is 6.92 Å². The molecule has 1 atom stereocenters. The third-order valence-corrected chi connectivity index (χ3v) is 3.39. The molecule has 0 saturated carbocycles. The fourth-order valence-electron chi connectivity index (χ4n) is 2.03. The van der Waals surface area contributed by atoms with Crippen LogP contribution in [0.15, 0.2) is 12.1 Å². The highest BCUT2D eigenvalue weighted by atomic mass is 19.1. The van der Waals surface area contributed by atoms with Crippen LogP contribution in [-0.4, -0.2) is 28.3 Å². The van der Waals surface area contributed by atoms with E-state index in [1.165, 1.54) is 4.90 Å². The largest absolute Gasteiger partial charge is 0.336 e. The summed E-state index contributed by atoms with van der Waals surface area (Å²) in [5.74, 6) is 3.76. The van der Waals surface area contributed by atoms with Crippen molar-refractivity contribution in [2.75, 3.05) is 12.0 Å². The van der Waals surface area contributed by atoms with Gasteiger partial charge >= 0.3 is 0 Å². The summed E-state index contributed by atoms with van der Waals surface area (Å²) < 4.78 is 13.6.